The summed E-state index contributed by atoms with van der Waals surface area (Å²) in [5, 5.41) is 0.572. The lowest BCUT2D eigenvalue weighted by Gasteiger charge is -2.19. The van der Waals surface area contributed by atoms with Crippen LogP contribution >= 0.6 is 11.6 Å². The van der Waals surface area contributed by atoms with E-state index in [9.17, 15) is 0 Å². The summed E-state index contributed by atoms with van der Waals surface area (Å²) in [5.41, 5.74) is 4.39. The molecule has 0 N–H and O–H groups in total. The van der Waals surface area contributed by atoms with E-state index in [1.807, 2.05) is 6.92 Å². The van der Waals surface area contributed by atoms with Crippen molar-refractivity contribution in [2.75, 3.05) is 0 Å². The Hall–Kier alpha value is -1.41. The smallest absolute Gasteiger partial charge is 0.136 e. The topological polar surface area (TPSA) is 25.8 Å². The number of rotatable bonds is 2. The molecule has 0 aliphatic rings. The van der Waals surface area contributed by atoms with Crippen LogP contribution in [0.5, 0.6) is 0 Å². The number of benzene rings is 1. The number of aromatic nitrogens is 2. The van der Waals surface area contributed by atoms with E-state index in [0.717, 1.165) is 23.5 Å². The van der Waals surface area contributed by atoms with Crippen molar-refractivity contribution >= 4 is 11.6 Å². The number of nitrogens with zero attached hydrogens (tertiary/aromatic N) is 2. The molecule has 2 rings (SSSR count). The van der Waals surface area contributed by atoms with Gasteiger partial charge in [0.2, 0.25) is 0 Å². The summed E-state index contributed by atoms with van der Waals surface area (Å²) < 4.78 is 0. The molecule has 2 nitrogen and oxygen atoms in total. The van der Waals surface area contributed by atoms with Gasteiger partial charge in [-0.05, 0) is 19.4 Å². The van der Waals surface area contributed by atoms with Gasteiger partial charge in [0.25, 0.3) is 0 Å². The Labute approximate surface area is 126 Å². The molecule has 1 heterocycles. The Kier molecular flexibility index (Phi) is 4.14. The van der Waals surface area contributed by atoms with Gasteiger partial charge in [-0.15, -0.1) is 0 Å². The lowest BCUT2D eigenvalue weighted by Crippen LogP contribution is -2.18. The van der Waals surface area contributed by atoms with Gasteiger partial charge in [0.15, 0.2) is 0 Å². The SMILES string of the molecule is Cc1ccc(Cc2c(C)nc(C(C)(C)C)nc2Cl)cc1. The predicted molar refractivity (Wildman–Crippen MR) is 84.5 cm³/mol. The van der Waals surface area contributed by atoms with Crippen molar-refractivity contribution < 1.29 is 0 Å². The van der Waals surface area contributed by atoms with Crippen LogP contribution in [0.25, 0.3) is 0 Å². The zero-order chi connectivity index (χ0) is 14.9. The standard InChI is InChI=1S/C17H21ClN2/c1-11-6-8-13(9-7-11)10-14-12(2)19-16(17(3,4)5)20-15(14)18/h6-9H,10H2,1-5H3. The van der Waals surface area contributed by atoms with Gasteiger partial charge in [0.1, 0.15) is 11.0 Å². The van der Waals surface area contributed by atoms with Gasteiger partial charge in [-0.1, -0.05) is 62.2 Å². The molecule has 106 valence electrons. The molecule has 0 saturated carbocycles. The highest BCUT2D eigenvalue weighted by molar-refractivity contribution is 6.30. The zero-order valence-corrected chi connectivity index (χ0v) is 13.5. The molecule has 0 bridgehead atoms. The number of aryl methyl sites for hydroxylation is 2. The van der Waals surface area contributed by atoms with Crippen molar-refractivity contribution in [3.8, 4) is 0 Å². The average Bonchev–Trinajstić information content (AvgIpc) is 2.34. The van der Waals surface area contributed by atoms with E-state index in [4.69, 9.17) is 11.6 Å². The van der Waals surface area contributed by atoms with E-state index in [-0.39, 0.29) is 5.41 Å². The zero-order valence-electron chi connectivity index (χ0n) is 12.8. The van der Waals surface area contributed by atoms with Crippen LogP contribution in [0.4, 0.5) is 0 Å². The van der Waals surface area contributed by atoms with Gasteiger partial charge in [-0.25, -0.2) is 9.97 Å². The molecule has 0 fully saturated rings. The molecular weight excluding hydrogens is 268 g/mol. The molecule has 0 spiro atoms. The minimum atomic E-state index is -0.0865. The molecule has 0 aliphatic carbocycles. The summed E-state index contributed by atoms with van der Waals surface area (Å²) in [4.78, 5) is 9.10. The first-order valence-electron chi connectivity index (χ1n) is 6.86. The summed E-state index contributed by atoms with van der Waals surface area (Å²) >= 11 is 6.37. The molecule has 1 aromatic carbocycles. The van der Waals surface area contributed by atoms with Crippen molar-refractivity contribution in [1.29, 1.82) is 0 Å². The van der Waals surface area contributed by atoms with E-state index in [0.29, 0.717) is 5.15 Å². The molecule has 0 radical (unpaired) electrons. The van der Waals surface area contributed by atoms with Gasteiger partial charge in [-0.2, -0.15) is 0 Å². The first-order valence-corrected chi connectivity index (χ1v) is 7.24. The second kappa shape index (κ2) is 5.53. The first kappa shape index (κ1) is 15.0. The third-order valence-corrected chi connectivity index (χ3v) is 3.65. The van der Waals surface area contributed by atoms with E-state index < -0.39 is 0 Å². The Morgan fingerprint density at radius 1 is 1.00 bits per heavy atom. The summed E-state index contributed by atoms with van der Waals surface area (Å²) in [6.45, 7) is 10.4. The van der Waals surface area contributed by atoms with Crippen LogP contribution in [-0.2, 0) is 11.8 Å². The Bertz CT molecular complexity index is 587. The lowest BCUT2D eigenvalue weighted by molar-refractivity contribution is 0.542. The molecule has 0 unspecified atom stereocenters. The molecule has 0 atom stereocenters. The minimum absolute atomic E-state index is 0.0865. The molecule has 20 heavy (non-hydrogen) atoms. The predicted octanol–water partition coefficient (Wildman–Crippen LogP) is 4.64. The maximum atomic E-state index is 6.37. The molecule has 3 heteroatoms. The summed E-state index contributed by atoms with van der Waals surface area (Å²) in [7, 11) is 0. The fraction of sp³-hybridized carbons (Fsp3) is 0.412. The number of halogens is 1. The molecule has 0 aliphatic heterocycles. The van der Waals surface area contributed by atoms with Crippen LogP contribution in [0, 0.1) is 13.8 Å². The highest BCUT2D eigenvalue weighted by Crippen LogP contribution is 2.25. The van der Waals surface area contributed by atoms with Gasteiger partial charge in [0, 0.05) is 23.1 Å². The van der Waals surface area contributed by atoms with E-state index in [2.05, 4.69) is 61.9 Å². The first-order chi connectivity index (χ1) is 9.27. The highest BCUT2D eigenvalue weighted by Gasteiger charge is 2.20. The second-order valence-electron chi connectivity index (χ2n) is 6.31. The van der Waals surface area contributed by atoms with Crippen LogP contribution < -0.4 is 0 Å². The molecular formula is C17H21ClN2. The normalized spacial score (nSPS) is 11.7. The van der Waals surface area contributed by atoms with Gasteiger partial charge >= 0.3 is 0 Å². The van der Waals surface area contributed by atoms with Crippen molar-refractivity contribution in [1.82, 2.24) is 9.97 Å². The van der Waals surface area contributed by atoms with E-state index >= 15 is 0 Å². The summed E-state index contributed by atoms with van der Waals surface area (Å²) in [6, 6.07) is 8.48. The second-order valence-corrected chi connectivity index (χ2v) is 6.67. The Balaban J connectivity index is 2.36. The largest absolute Gasteiger partial charge is 0.237 e. The Morgan fingerprint density at radius 3 is 2.10 bits per heavy atom. The van der Waals surface area contributed by atoms with Crippen molar-refractivity contribution in [3.05, 3.63) is 57.6 Å². The van der Waals surface area contributed by atoms with Crippen molar-refractivity contribution in [3.63, 3.8) is 0 Å². The van der Waals surface area contributed by atoms with E-state index in [1.165, 1.54) is 11.1 Å². The van der Waals surface area contributed by atoms with Crippen LogP contribution in [-0.4, -0.2) is 9.97 Å². The fourth-order valence-electron chi connectivity index (χ4n) is 2.01. The molecule has 1 aromatic heterocycles. The van der Waals surface area contributed by atoms with Crippen LogP contribution in [0.1, 0.15) is 49.0 Å². The van der Waals surface area contributed by atoms with E-state index in [1.54, 1.807) is 0 Å². The monoisotopic (exact) mass is 288 g/mol. The van der Waals surface area contributed by atoms with Crippen LogP contribution in [0.2, 0.25) is 5.15 Å². The molecule has 0 amide bonds. The fourth-order valence-corrected chi connectivity index (χ4v) is 2.29. The maximum Gasteiger partial charge on any atom is 0.136 e. The van der Waals surface area contributed by atoms with Crippen LogP contribution in [0.3, 0.4) is 0 Å². The lowest BCUT2D eigenvalue weighted by atomic mass is 9.95. The van der Waals surface area contributed by atoms with Crippen molar-refractivity contribution in [2.24, 2.45) is 0 Å². The average molecular weight is 289 g/mol. The van der Waals surface area contributed by atoms with Crippen molar-refractivity contribution in [2.45, 2.75) is 46.5 Å². The summed E-state index contributed by atoms with van der Waals surface area (Å²) in [5.74, 6) is 0.799. The van der Waals surface area contributed by atoms with Gasteiger partial charge < -0.3 is 0 Å². The minimum Gasteiger partial charge on any atom is -0.237 e. The number of hydrogen-bond donors (Lipinski definition) is 0. The molecule has 0 saturated heterocycles. The summed E-state index contributed by atoms with van der Waals surface area (Å²) in [6.07, 6.45) is 0.773. The van der Waals surface area contributed by atoms with Crippen LogP contribution in [0.15, 0.2) is 24.3 Å². The van der Waals surface area contributed by atoms with Gasteiger partial charge in [-0.3, -0.25) is 0 Å². The maximum absolute atomic E-state index is 6.37. The molecule has 2 aromatic rings. The Morgan fingerprint density at radius 2 is 1.60 bits per heavy atom. The quantitative estimate of drug-likeness (QED) is 0.753. The van der Waals surface area contributed by atoms with Gasteiger partial charge in [0.05, 0.1) is 0 Å². The highest BCUT2D eigenvalue weighted by atomic mass is 35.5. The third-order valence-electron chi connectivity index (χ3n) is 3.34. The number of hydrogen-bond acceptors (Lipinski definition) is 2. The third kappa shape index (κ3) is 3.37.